The molecule has 0 aliphatic carbocycles. The molecule has 0 aromatic heterocycles. The maximum absolute atomic E-state index is 5.12. The Labute approximate surface area is 99.4 Å². The first kappa shape index (κ1) is 15.4. The van der Waals surface area contributed by atoms with Gasteiger partial charge in [-0.3, -0.25) is 0 Å². The zero-order valence-corrected chi connectivity index (χ0v) is 12.3. The molecule has 3 nitrogen and oxygen atoms in total. The average Bonchev–Trinajstić information content (AvgIpc) is 2.03. The minimum absolute atomic E-state index is 0. The van der Waals surface area contributed by atoms with Crippen LogP contribution in [-0.4, -0.2) is 26.7 Å². The Balaban J connectivity index is 0. The summed E-state index contributed by atoms with van der Waals surface area (Å²) in [6, 6.07) is 0. The third-order valence-electron chi connectivity index (χ3n) is 1.30. The van der Waals surface area contributed by atoms with Gasteiger partial charge in [-0.15, -0.1) is 0 Å². The molecule has 0 bridgehead atoms. The molecule has 0 aliphatic rings. The van der Waals surface area contributed by atoms with Crippen LogP contribution in [0.2, 0.25) is 0 Å². The summed E-state index contributed by atoms with van der Waals surface area (Å²) in [4.78, 5) is 0. The van der Waals surface area contributed by atoms with Gasteiger partial charge in [0.2, 0.25) is 0 Å². The molecule has 0 unspecified atom stereocenters. The van der Waals surface area contributed by atoms with Crippen molar-refractivity contribution in [3.05, 3.63) is 6.73 Å². The minimum Gasteiger partial charge on any atom is -0.537 e. The standard InChI is InChI=1S/C8H19N2O.U/c1-3-7-11-8-10-6-4-5-9-2;/h8-10H,3-7H2,1-2H3;/q-1;/p+1. The first-order chi connectivity index (χ1) is 5.41. The second kappa shape index (κ2) is 14.5. The van der Waals surface area contributed by atoms with Crippen LogP contribution in [0, 0.1) is 37.8 Å². The number of quaternary nitrogens is 1. The average molecular weight is 398 g/mol. The maximum Gasteiger partial charge on any atom is 0.0764 e. The van der Waals surface area contributed by atoms with Gasteiger partial charge in [-0.25, -0.2) is 0 Å². The van der Waals surface area contributed by atoms with Gasteiger partial charge in [0.25, 0.3) is 0 Å². The van der Waals surface area contributed by atoms with Crippen molar-refractivity contribution in [3.63, 3.8) is 0 Å². The molecular formula is C8H20N2OU. The molecule has 0 fully saturated rings. The van der Waals surface area contributed by atoms with Crippen molar-refractivity contribution in [3.8, 4) is 0 Å². The Bertz CT molecular complexity index is 66.1. The van der Waals surface area contributed by atoms with Crippen molar-refractivity contribution in [2.24, 2.45) is 0 Å². The van der Waals surface area contributed by atoms with Crippen LogP contribution in [0.5, 0.6) is 0 Å². The third kappa shape index (κ3) is 13.5. The topological polar surface area (TPSA) is 37.9 Å². The van der Waals surface area contributed by atoms with E-state index in [-0.39, 0.29) is 31.1 Å². The van der Waals surface area contributed by atoms with Gasteiger partial charge in [0, 0.05) is 44.1 Å². The fourth-order valence-electron chi connectivity index (χ4n) is 0.703. The smallest absolute Gasteiger partial charge is 0.0764 e. The number of hydrogen-bond donors (Lipinski definition) is 2. The van der Waals surface area contributed by atoms with E-state index in [0.717, 1.165) is 19.6 Å². The molecule has 0 saturated carbocycles. The second-order valence-corrected chi connectivity index (χ2v) is 2.49. The fourth-order valence-corrected chi connectivity index (χ4v) is 0.703. The van der Waals surface area contributed by atoms with E-state index < -0.39 is 0 Å². The molecule has 0 aromatic rings. The molecule has 0 spiro atoms. The molecule has 0 atom stereocenters. The van der Waals surface area contributed by atoms with Crippen LogP contribution in [0.4, 0.5) is 0 Å². The molecule has 0 amide bonds. The Morgan fingerprint density at radius 1 is 1.50 bits per heavy atom. The van der Waals surface area contributed by atoms with Crippen molar-refractivity contribution in [2.45, 2.75) is 19.8 Å². The zero-order valence-electron chi connectivity index (χ0n) is 8.10. The molecule has 12 heavy (non-hydrogen) atoms. The van der Waals surface area contributed by atoms with Crippen LogP contribution in [0.25, 0.3) is 0 Å². The summed E-state index contributed by atoms with van der Waals surface area (Å²) in [6.45, 7) is 6.79. The predicted octanol–water partition coefficient (Wildman–Crippen LogP) is -0.295. The quantitative estimate of drug-likeness (QED) is 0.436. The minimum atomic E-state index is 0. The number of hydrogen-bond acceptors (Lipinski definition) is 2. The number of nitrogens with one attached hydrogen (secondary N) is 1. The summed E-state index contributed by atoms with van der Waals surface area (Å²) in [5.41, 5.74) is 0. The van der Waals surface area contributed by atoms with E-state index in [2.05, 4.69) is 24.6 Å². The van der Waals surface area contributed by atoms with Crippen LogP contribution < -0.4 is 10.6 Å². The van der Waals surface area contributed by atoms with Gasteiger partial charge in [0.1, 0.15) is 0 Å². The summed E-state index contributed by atoms with van der Waals surface area (Å²) < 4.78 is 5.12. The van der Waals surface area contributed by atoms with E-state index in [9.17, 15) is 0 Å². The maximum atomic E-state index is 5.12. The van der Waals surface area contributed by atoms with Gasteiger partial charge in [-0.05, 0) is 13.0 Å². The van der Waals surface area contributed by atoms with Crippen molar-refractivity contribution in [1.29, 1.82) is 0 Å². The summed E-state index contributed by atoms with van der Waals surface area (Å²) in [6.07, 6.45) is 2.25. The van der Waals surface area contributed by atoms with Gasteiger partial charge in [-0.2, -0.15) is 6.73 Å². The number of nitrogens with two attached hydrogens (primary N) is 1. The van der Waals surface area contributed by atoms with Crippen molar-refractivity contribution in [1.82, 2.24) is 5.32 Å². The molecule has 0 aromatic carbocycles. The molecule has 72 valence electrons. The van der Waals surface area contributed by atoms with E-state index >= 15 is 0 Å². The molecular weight excluding hydrogens is 378 g/mol. The largest absolute Gasteiger partial charge is 0.537 e. The van der Waals surface area contributed by atoms with Crippen LogP contribution in [0.15, 0.2) is 0 Å². The van der Waals surface area contributed by atoms with Crippen LogP contribution >= 0.6 is 0 Å². The van der Waals surface area contributed by atoms with E-state index in [1.807, 2.05) is 0 Å². The Morgan fingerprint density at radius 3 is 2.83 bits per heavy atom. The first-order valence-corrected chi connectivity index (χ1v) is 4.36. The van der Waals surface area contributed by atoms with Gasteiger partial charge >= 0.3 is 0 Å². The van der Waals surface area contributed by atoms with Crippen molar-refractivity contribution < 1.29 is 41.2 Å². The molecule has 3 N–H and O–H groups in total. The summed E-state index contributed by atoms with van der Waals surface area (Å²) >= 11 is 0. The molecule has 0 heterocycles. The zero-order chi connectivity index (χ0) is 8.36. The van der Waals surface area contributed by atoms with E-state index in [1.165, 1.54) is 13.0 Å². The SMILES string of the molecule is CCCO[CH-]NCCC[NH2+]C.[U]. The molecule has 0 saturated heterocycles. The van der Waals surface area contributed by atoms with E-state index in [4.69, 9.17) is 4.74 Å². The number of ether oxygens (including phenoxy) is 1. The number of rotatable bonds is 8. The second-order valence-electron chi connectivity index (χ2n) is 2.49. The summed E-state index contributed by atoms with van der Waals surface area (Å²) in [5.74, 6) is 0. The molecule has 0 rings (SSSR count). The van der Waals surface area contributed by atoms with Crippen LogP contribution in [0.1, 0.15) is 19.8 Å². The van der Waals surface area contributed by atoms with Crippen molar-refractivity contribution in [2.75, 3.05) is 26.7 Å². The van der Waals surface area contributed by atoms with E-state index in [1.54, 1.807) is 6.73 Å². The van der Waals surface area contributed by atoms with Gasteiger partial charge < -0.3 is 15.4 Å². The summed E-state index contributed by atoms with van der Waals surface area (Å²) in [5, 5.41) is 5.26. The summed E-state index contributed by atoms with van der Waals surface area (Å²) in [7, 11) is 2.08. The third-order valence-corrected chi connectivity index (χ3v) is 1.30. The van der Waals surface area contributed by atoms with Gasteiger partial charge in [0.05, 0.1) is 13.6 Å². The van der Waals surface area contributed by atoms with Crippen LogP contribution in [-0.2, 0) is 4.74 Å². The van der Waals surface area contributed by atoms with Gasteiger partial charge in [-0.1, -0.05) is 6.92 Å². The molecule has 4 heteroatoms. The molecule has 0 radical (unpaired) electrons. The Hall–Kier alpha value is 0.932. The molecule has 0 aliphatic heterocycles. The first-order valence-electron chi connectivity index (χ1n) is 4.36. The van der Waals surface area contributed by atoms with Gasteiger partial charge in [0.15, 0.2) is 0 Å². The Kier molecular flexibility index (Phi) is 18.6. The van der Waals surface area contributed by atoms with Crippen LogP contribution in [0.3, 0.4) is 0 Å². The Morgan fingerprint density at radius 2 is 2.25 bits per heavy atom. The normalized spacial score (nSPS) is 9.50. The van der Waals surface area contributed by atoms with E-state index in [0.29, 0.717) is 0 Å². The monoisotopic (exact) mass is 398 g/mol. The van der Waals surface area contributed by atoms with Crippen molar-refractivity contribution >= 4 is 0 Å². The fraction of sp³-hybridized carbons (Fsp3) is 0.875. The predicted molar refractivity (Wildman–Crippen MR) is 45.9 cm³/mol.